The number of carbonyl (C=O) groups excluding carboxylic acids is 3. The van der Waals surface area contributed by atoms with E-state index < -0.39 is 17.8 Å². The zero-order valence-electron chi connectivity index (χ0n) is 12.5. The van der Waals surface area contributed by atoms with Crippen LogP contribution >= 0.6 is 0 Å². The monoisotopic (exact) mass is 316 g/mol. The first kappa shape index (κ1) is 16.4. The van der Waals surface area contributed by atoms with E-state index in [1.807, 2.05) is 0 Å². The van der Waals surface area contributed by atoms with Crippen molar-refractivity contribution in [1.82, 2.24) is 0 Å². The number of carbonyl (C=O) groups is 3. The van der Waals surface area contributed by atoms with Gasteiger partial charge in [0.1, 0.15) is 17.3 Å². The molecular formula is C17H13FO5. The molecule has 2 aromatic carbocycles. The van der Waals surface area contributed by atoms with Crippen LogP contribution in [-0.2, 0) is 4.79 Å². The summed E-state index contributed by atoms with van der Waals surface area (Å²) in [5, 5.41) is 0. The summed E-state index contributed by atoms with van der Waals surface area (Å²) < 4.78 is 23.8. The molecule has 0 radical (unpaired) electrons. The number of para-hydroxylation sites is 1. The van der Waals surface area contributed by atoms with Gasteiger partial charge in [-0.15, -0.1) is 0 Å². The molecule has 118 valence electrons. The maximum atomic E-state index is 14.0. The predicted molar refractivity (Wildman–Crippen MR) is 79.1 cm³/mol. The second kappa shape index (κ2) is 6.83. The molecule has 5 nitrogen and oxygen atoms in total. The number of hydrogen-bond donors (Lipinski definition) is 0. The van der Waals surface area contributed by atoms with Gasteiger partial charge in [0.2, 0.25) is 0 Å². The van der Waals surface area contributed by atoms with E-state index >= 15 is 0 Å². The molecule has 0 bridgehead atoms. The summed E-state index contributed by atoms with van der Waals surface area (Å²) >= 11 is 0. The number of halogens is 1. The third-order valence-electron chi connectivity index (χ3n) is 2.89. The van der Waals surface area contributed by atoms with Gasteiger partial charge >= 0.3 is 11.9 Å². The highest BCUT2D eigenvalue weighted by molar-refractivity contribution is 5.99. The normalized spacial score (nSPS) is 10.0. The molecule has 2 aromatic rings. The molecule has 0 saturated heterocycles. The Balaban J connectivity index is 2.25. The molecule has 0 amide bonds. The van der Waals surface area contributed by atoms with E-state index in [0.29, 0.717) is 0 Å². The lowest BCUT2D eigenvalue weighted by molar-refractivity contribution is -0.131. The number of rotatable bonds is 4. The van der Waals surface area contributed by atoms with Crippen LogP contribution in [0.2, 0.25) is 0 Å². The summed E-state index contributed by atoms with van der Waals surface area (Å²) in [7, 11) is 0. The van der Waals surface area contributed by atoms with Crippen LogP contribution in [-0.4, -0.2) is 17.7 Å². The topological polar surface area (TPSA) is 69.7 Å². The van der Waals surface area contributed by atoms with Crippen LogP contribution in [0.5, 0.6) is 11.5 Å². The maximum absolute atomic E-state index is 14.0. The van der Waals surface area contributed by atoms with Gasteiger partial charge in [-0.25, -0.2) is 9.18 Å². The minimum atomic E-state index is -0.953. The minimum Gasteiger partial charge on any atom is -0.427 e. The van der Waals surface area contributed by atoms with E-state index in [4.69, 9.17) is 9.47 Å². The summed E-state index contributed by atoms with van der Waals surface area (Å²) in [6.07, 6.45) is 0. The molecule has 0 N–H and O–H groups in total. The summed E-state index contributed by atoms with van der Waals surface area (Å²) in [5.74, 6) is -2.70. The van der Waals surface area contributed by atoms with Crippen molar-refractivity contribution >= 4 is 17.7 Å². The number of esters is 2. The van der Waals surface area contributed by atoms with Crippen LogP contribution in [0.25, 0.3) is 0 Å². The van der Waals surface area contributed by atoms with E-state index in [0.717, 1.165) is 12.1 Å². The van der Waals surface area contributed by atoms with Gasteiger partial charge in [0.05, 0.1) is 11.1 Å². The van der Waals surface area contributed by atoms with Crippen molar-refractivity contribution < 1.29 is 28.2 Å². The van der Waals surface area contributed by atoms with E-state index in [9.17, 15) is 18.8 Å². The van der Waals surface area contributed by atoms with Crippen LogP contribution in [0, 0.1) is 5.82 Å². The maximum Gasteiger partial charge on any atom is 0.346 e. The SMILES string of the molecule is CC(=O)Oc1ccc(C(=O)Oc2ccccc2C(C)=O)c(F)c1. The highest BCUT2D eigenvalue weighted by Gasteiger charge is 2.18. The predicted octanol–water partition coefficient (Wildman–Crippen LogP) is 3.17. The first-order valence-corrected chi connectivity index (χ1v) is 6.68. The van der Waals surface area contributed by atoms with Crippen molar-refractivity contribution in [2.24, 2.45) is 0 Å². The molecule has 0 aromatic heterocycles. The molecule has 0 atom stereocenters. The van der Waals surface area contributed by atoms with Crippen LogP contribution in [0.3, 0.4) is 0 Å². The third-order valence-corrected chi connectivity index (χ3v) is 2.89. The van der Waals surface area contributed by atoms with Gasteiger partial charge in [0, 0.05) is 13.0 Å². The molecule has 0 unspecified atom stereocenters. The Labute approximate surface area is 131 Å². The Morgan fingerprint density at radius 1 is 0.913 bits per heavy atom. The molecule has 0 spiro atoms. The van der Waals surface area contributed by atoms with Crippen molar-refractivity contribution in [2.45, 2.75) is 13.8 Å². The molecule has 0 aliphatic carbocycles. The molecule has 2 rings (SSSR count). The van der Waals surface area contributed by atoms with E-state index in [2.05, 4.69) is 0 Å². The molecule has 0 aliphatic heterocycles. The minimum absolute atomic E-state index is 0.0179. The number of Topliss-reactive ketones (excluding diaryl/α,β-unsaturated/α-hetero) is 1. The van der Waals surface area contributed by atoms with E-state index in [1.54, 1.807) is 12.1 Å². The average molecular weight is 316 g/mol. The van der Waals surface area contributed by atoms with Crippen LogP contribution in [0.1, 0.15) is 34.6 Å². The number of benzene rings is 2. The van der Waals surface area contributed by atoms with Crippen LogP contribution < -0.4 is 9.47 Å². The van der Waals surface area contributed by atoms with Crippen molar-refractivity contribution in [3.63, 3.8) is 0 Å². The Morgan fingerprint density at radius 3 is 2.22 bits per heavy atom. The van der Waals surface area contributed by atoms with Crippen molar-refractivity contribution in [3.8, 4) is 11.5 Å². The summed E-state index contributed by atoms with van der Waals surface area (Å²) in [4.78, 5) is 34.4. The quantitative estimate of drug-likeness (QED) is 0.492. The summed E-state index contributed by atoms with van der Waals surface area (Å²) in [5.41, 5.74) is -0.114. The third kappa shape index (κ3) is 4.00. The Bertz CT molecular complexity index is 782. The summed E-state index contributed by atoms with van der Waals surface area (Å²) in [6.45, 7) is 2.51. The first-order valence-electron chi connectivity index (χ1n) is 6.68. The fourth-order valence-electron chi connectivity index (χ4n) is 1.89. The van der Waals surface area contributed by atoms with E-state index in [-0.39, 0.29) is 28.4 Å². The Kier molecular flexibility index (Phi) is 4.85. The molecular weight excluding hydrogens is 303 g/mol. The zero-order valence-corrected chi connectivity index (χ0v) is 12.5. The lowest BCUT2D eigenvalue weighted by Gasteiger charge is -2.09. The Morgan fingerprint density at radius 2 is 1.61 bits per heavy atom. The molecule has 0 fully saturated rings. The highest BCUT2D eigenvalue weighted by Crippen LogP contribution is 2.22. The largest absolute Gasteiger partial charge is 0.427 e. The van der Waals surface area contributed by atoms with Crippen LogP contribution in [0.4, 0.5) is 4.39 Å². The standard InChI is InChI=1S/C17H13FO5/c1-10(19)13-5-3-4-6-16(13)23-17(21)14-8-7-12(9-15(14)18)22-11(2)20/h3-9H,1-2H3. The molecule has 6 heteroatoms. The molecule has 0 heterocycles. The zero-order chi connectivity index (χ0) is 17.0. The number of ether oxygens (including phenoxy) is 2. The average Bonchev–Trinajstić information content (AvgIpc) is 2.46. The first-order chi connectivity index (χ1) is 10.9. The van der Waals surface area contributed by atoms with Crippen molar-refractivity contribution in [2.75, 3.05) is 0 Å². The van der Waals surface area contributed by atoms with Crippen LogP contribution in [0.15, 0.2) is 42.5 Å². The van der Waals surface area contributed by atoms with Gasteiger partial charge in [-0.1, -0.05) is 12.1 Å². The van der Waals surface area contributed by atoms with Gasteiger partial charge in [0.15, 0.2) is 5.78 Å². The second-order valence-corrected chi connectivity index (χ2v) is 4.68. The van der Waals surface area contributed by atoms with Crippen molar-refractivity contribution in [1.29, 1.82) is 0 Å². The number of ketones is 1. The molecule has 23 heavy (non-hydrogen) atoms. The smallest absolute Gasteiger partial charge is 0.346 e. The molecule has 0 aliphatic rings. The fourth-order valence-corrected chi connectivity index (χ4v) is 1.89. The summed E-state index contributed by atoms with van der Waals surface area (Å²) in [6, 6.07) is 9.50. The number of hydrogen-bond acceptors (Lipinski definition) is 5. The van der Waals surface area contributed by atoms with Crippen molar-refractivity contribution in [3.05, 3.63) is 59.4 Å². The highest BCUT2D eigenvalue weighted by atomic mass is 19.1. The van der Waals surface area contributed by atoms with Gasteiger partial charge in [0.25, 0.3) is 0 Å². The lowest BCUT2D eigenvalue weighted by atomic mass is 10.1. The fraction of sp³-hybridized carbons (Fsp3) is 0.118. The Hall–Kier alpha value is -3.02. The van der Waals surface area contributed by atoms with Gasteiger partial charge in [-0.2, -0.15) is 0 Å². The van der Waals surface area contributed by atoms with Gasteiger partial charge in [-0.05, 0) is 31.2 Å². The molecule has 0 saturated carbocycles. The second-order valence-electron chi connectivity index (χ2n) is 4.68. The van der Waals surface area contributed by atoms with E-state index in [1.165, 1.54) is 32.0 Å². The van der Waals surface area contributed by atoms with Gasteiger partial charge in [-0.3, -0.25) is 9.59 Å². The lowest BCUT2D eigenvalue weighted by Crippen LogP contribution is -2.13. The van der Waals surface area contributed by atoms with Gasteiger partial charge < -0.3 is 9.47 Å².